The number of pyridine rings is 2. The number of hydrogen-bond donors (Lipinski definition) is 3. The largest absolute Gasteiger partial charge is 0.393 e. The van der Waals surface area contributed by atoms with Crippen LogP contribution >= 0.6 is 0 Å². The number of nitrogens with one attached hydrogen (secondary N) is 1. The summed E-state index contributed by atoms with van der Waals surface area (Å²) in [7, 11) is 1.76. The van der Waals surface area contributed by atoms with Gasteiger partial charge in [0.15, 0.2) is 0 Å². The van der Waals surface area contributed by atoms with Gasteiger partial charge in [0.1, 0.15) is 23.3 Å². The molecule has 0 unspecified atom stereocenters. The number of fused-ring (bicyclic) bond motifs is 3. The molecule has 0 spiro atoms. The fraction of sp³-hybridized carbons (Fsp3) is 0.455. The minimum absolute atomic E-state index is 0.0497. The summed E-state index contributed by atoms with van der Waals surface area (Å²) >= 11 is 0. The smallest absolute Gasteiger partial charge is 0.240 e. The Bertz CT molecular complexity index is 1120. The molecule has 0 radical (unpaired) electrons. The highest BCUT2D eigenvalue weighted by Gasteiger charge is 2.35. The monoisotopic (exact) mass is 422 g/mol. The molecule has 6 N–H and O–H groups in total. The maximum atomic E-state index is 12.9. The molecular weight excluding hydrogens is 394 g/mol. The molecule has 162 valence electrons. The summed E-state index contributed by atoms with van der Waals surface area (Å²) in [6, 6.07) is 2.24. The lowest BCUT2D eigenvalue weighted by atomic mass is 9.97. The van der Waals surface area contributed by atoms with E-state index in [1.54, 1.807) is 16.8 Å². The van der Waals surface area contributed by atoms with Crippen LogP contribution in [-0.2, 0) is 11.2 Å². The predicted molar refractivity (Wildman–Crippen MR) is 119 cm³/mol. The van der Waals surface area contributed by atoms with Gasteiger partial charge in [0.05, 0.1) is 32.0 Å². The van der Waals surface area contributed by atoms with Gasteiger partial charge in [-0.05, 0) is 32.1 Å². The molecule has 2 aromatic rings. The zero-order valence-corrected chi connectivity index (χ0v) is 17.7. The molecule has 0 saturated heterocycles. The maximum Gasteiger partial charge on any atom is 0.240 e. The van der Waals surface area contributed by atoms with E-state index < -0.39 is 0 Å². The number of aromatic amines is 1. The number of carbonyl (C=O) groups is 1. The number of aliphatic hydroxyl groups excluding tert-OH is 1. The Hall–Kier alpha value is -3.38. The third kappa shape index (κ3) is 3.64. The summed E-state index contributed by atoms with van der Waals surface area (Å²) in [6.45, 7) is 0.786. The van der Waals surface area contributed by atoms with E-state index in [2.05, 4.69) is 22.1 Å². The van der Waals surface area contributed by atoms with Gasteiger partial charge in [-0.25, -0.2) is 9.97 Å². The van der Waals surface area contributed by atoms with Crippen molar-refractivity contribution in [1.29, 1.82) is 5.26 Å². The number of hydrogen-bond acceptors (Lipinski definition) is 7. The number of amides is 1. The number of aromatic nitrogens is 2. The fourth-order valence-electron chi connectivity index (χ4n) is 4.58. The SMILES string of the molecule is CN(CCO)c1[nH+]c(N)c2c(N)nc3c(c2c1C#N)CC(=O)N3CCC1=CCCCC1. The Morgan fingerprint density at radius 2 is 2.16 bits per heavy atom. The van der Waals surface area contributed by atoms with Gasteiger partial charge in [0, 0.05) is 17.5 Å². The Balaban J connectivity index is 1.83. The van der Waals surface area contributed by atoms with Gasteiger partial charge in [-0.3, -0.25) is 14.6 Å². The number of carbonyl (C=O) groups excluding carboxylic acids is 1. The quantitative estimate of drug-likeness (QED) is 0.594. The molecule has 0 bridgehead atoms. The van der Waals surface area contributed by atoms with Gasteiger partial charge < -0.3 is 16.6 Å². The molecule has 1 amide bonds. The average molecular weight is 423 g/mol. The van der Waals surface area contributed by atoms with Gasteiger partial charge in [0.2, 0.25) is 17.5 Å². The lowest BCUT2D eigenvalue weighted by Crippen LogP contribution is -2.31. The van der Waals surface area contributed by atoms with E-state index in [4.69, 9.17) is 11.5 Å². The predicted octanol–water partition coefficient (Wildman–Crippen LogP) is 1.29. The maximum absolute atomic E-state index is 12.9. The number of nitrogens with two attached hydrogens (primary N) is 2. The first-order valence-electron chi connectivity index (χ1n) is 10.6. The summed E-state index contributed by atoms with van der Waals surface area (Å²) in [5, 5.41) is 20.3. The second-order valence-electron chi connectivity index (χ2n) is 8.15. The Morgan fingerprint density at radius 1 is 1.35 bits per heavy atom. The summed E-state index contributed by atoms with van der Waals surface area (Å²) in [5.74, 6) is 1.41. The lowest BCUT2D eigenvalue weighted by Gasteiger charge is -2.20. The molecule has 4 rings (SSSR count). The summed E-state index contributed by atoms with van der Waals surface area (Å²) in [6.07, 6.45) is 7.83. The Labute approximate surface area is 181 Å². The first-order chi connectivity index (χ1) is 15.0. The Morgan fingerprint density at radius 3 is 2.84 bits per heavy atom. The van der Waals surface area contributed by atoms with E-state index in [1.165, 1.54) is 18.4 Å². The van der Waals surface area contributed by atoms with E-state index in [0.29, 0.717) is 46.6 Å². The first kappa shape index (κ1) is 20.9. The summed E-state index contributed by atoms with van der Waals surface area (Å²) in [4.78, 5) is 23.9. The highest BCUT2D eigenvalue weighted by molar-refractivity contribution is 6.12. The van der Waals surface area contributed by atoms with Crippen LogP contribution in [0.5, 0.6) is 0 Å². The van der Waals surface area contributed by atoms with Crippen molar-refractivity contribution in [3.8, 4) is 6.07 Å². The lowest BCUT2D eigenvalue weighted by molar-refractivity contribution is -0.344. The third-order valence-electron chi connectivity index (χ3n) is 6.17. The zero-order chi connectivity index (χ0) is 22.1. The normalized spacial score (nSPS) is 15.7. The van der Waals surface area contributed by atoms with Crippen molar-refractivity contribution in [1.82, 2.24) is 4.98 Å². The van der Waals surface area contributed by atoms with E-state index in [9.17, 15) is 15.2 Å². The van der Waals surface area contributed by atoms with Crippen LogP contribution in [0.1, 0.15) is 43.2 Å². The summed E-state index contributed by atoms with van der Waals surface area (Å²) < 4.78 is 0. The molecule has 3 heterocycles. The van der Waals surface area contributed by atoms with Gasteiger partial charge in [-0.15, -0.1) is 0 Å². The number of nitrogens with zero attached hydrogens (tertiary/aromatic N) is 4. The van der Waals surface area contributed by atoms with Gasteiger partial charge in [-0.1, -0.05) is 11.6 Å². The third-order valence-corrected chi connectivity index (χ3v) is 6.17. The minimum atomic E-state index is -0.0775. The molecule has 31 heavy (non-hydrogen) atoms. The first-order valence-corrected chi connectivity index (χ1v) is 10.6. The molecule has 2 aliphatic rings. The number of rotatable bonds is 6. The highest BCUT2D eigenvalue weighted by Crippen LogP contribution is 2.40. The van der Waals surface area contributed by atoms with Crippen LogP contribution in [0.25, 0.3) is 10.8 Å². The van der Waals surface area contributed by atoms with E-state index in [0.717, 1.165) is 19.3 Å². The molecule has 2 aromatic heterocycles. The van der Waals surface area contributed by atoms with Crippen molar-refractivity contribution in [3.05, 3.63) is 22.8 Å². The molecule has 0 fully saturated rings. The second kappa shape index (κ2) is 8.40. The van der Waals surface area contributed by atoms with Crippen molar-refractivity contribution in [2.45, 2.75) is 38.5 Å². The number of aliphatic hydroxyl groups is 1. The van der Waals surface area contributed by atoms with Crippen LogP contribution in [0.2, 0.25) is 0 Å². The number of nitrogen functional groups attached to an aromatic ring is 2. The van der Waals surface area contributed by atoms with E-state index in [-0.39, 0.29) is 30.6 Å². The topological polar surface area (TPSA) is 147 Å². The number of allylic oxidation sites excluding steroid dienone is 1. The summed E-state index contributed by atoms with van der Waals surface area (Å²) in [5.41, 5.74) is 14.9. The van der Waals surface area contributed by atoms with Crippen molar-refractivity contribution in [3.63, 3.8) is 0 Å². The standard InChI is InChI=1S/C22H27N7O2/c1-28(9-10-30)21-15(12-23)17-14-11-16(31)29(8-7-13-5-3-2-4-6-13)22(14)27-20(25)18(17)19(24)26-21/h5,30H,2-4,6-11H2,1H3,(H2,24,26)(H2,25,27)/p+1. The second-order valence-corrected chi connectivity index (χ2v) is 8.15. The zero-order valence-electron chi connectivity index (χ0n) is 17.7. The van der Waals surface area contributed by atoms with Crippen LogP contribution in [0.4, 0.5) is 23.3 Å². The van der Waals surface area contributed by atoms with E-state index in [1.807, 2.05) is 0 Å². The van der Waals surface area contributed by atoms with Crippen molar-refractivity contribution in [2.24, 2.45) is 0 Å². The van der Waals surface area contributed by atoms with E-state index >= 15 is 0 Å². The fourth-order valence-corrected chi connectivity index (χ4v) is 4.58. The number of anilines is 4. The van der Waals surface area contributed by atoms with Crippen molar-refractivity contribution >= 4 is 40.0 Å². The molecule has 0 aromatic carbocycles. The van der Waals surface area contributed by atoms with Gasteiger partial charge in [0.25, 0.3) is 0 Å². The molecular formula is C22H28N7O2+. The minimum Gasteiger partial charge on any atom is -0.393 e. The van der Waals surface area contributed by atoms with Crippen LogP contribution in [0.15, 0.2) is 11.6 Å². The number of likely N-dealkylation sites (N-methyl/N-ethyl adjacent to an activating group) is 1. The van der Waals surface area contributed by atoms with Crippen LogP contribution in [0, 0.1) is 11.3 Å². The number of nitriles is 1. The average Bonchev–Trinajstić information content (AvgIpc) is 3.07. The van der Waals surface area contributed by atoms with Crippen molar-refractivity contribution < 1.29 is 14.9 Å². The number of H-pyrrole nitrogens is 1. The van der Waals surface area contributed by atoms with Crippen LogP contribution < -0.4 is 26.3 Å². The molecule has 0 saturated carbocycles. The Kier molecular flexibility index (Phi) is 5.65. The molecule has 1 aliphatic heterocycles. The van der Waals surface area contributed by atoms with Gasteiger partial charge >= 0.3 is 0 Å². The van der Waals surface area contributed by atoms with Crippen molar-refractivity contribution in [2.75, 3.05) is 48.0 Å². The molecule has 9 heteroatoms. The van der Waals surface area contributed by atoms with Gasteiger partial charge in [-0.2, -0.15) is 5.26 Å². The molecule has 0 atom stereocenters. The van der Waals surface area contributed by atoms with Crippen LogP contribution in [0.3, 0.4) is 0 Å². The molecule has 1 aliphatic carbocycles. The van der Waals surface area contributed by atoms with Crippen LogP contribution in [-0.4, -0.2) is 42.7 Å². The highest BCUT2D eigenvalue weighted by atomic mass is 16.3. The molecule has 9 nitrogen and oxygen atoms in total.